The molecule has 1 N–H and O–H groups in total. The van der Waals surface area contributed by atoms with E-state index in [0.717, 1.165) is 40.1 Å². The largest absolute Gasteiger partial charge is 0.497 e. The third-order valence-corrected chi connectivity index (χ3v) is 6.45. The molecule has 1 unspecified atom stereocenters. The maximum Gasteiger partial charge on any atom is 0.326 e. The zero-order chi connectivity index (χ0) is 25.2. The Morgan fingerprint density at radius 2 is 1.81 bits per heavy atom. The van der Waals surface area contributed by atoms with Crippen molar-refractivity contribution in [1.29, 1.82) is 0 Å². The van der Waals surface area contributed by atoms with E-state index in [1.54, 1.807) is 12.0 Å². The van der Waals surface area contributed by atoms with Gasteiger partial charge in [-0.2, -0.15) is 4.98 Å². The van der Waals surface area contributed by atoms with Crippen molar-refractivity contribution in [3.63, 3.8) is 0 Å². The monoisotopic (exact) mass is 480 g/mol. The van der Waals surface area contributed by atoms with Crippen LogP contribution in [0, 0.1) is 6.92 Å². The van der Waals surface area contributed by atoms with Crippen molar-refractivity contribution < 1.29 is 14.1 Å². The summed E-state index contributed by atoms with van der Waals surface area (Å²) in [5.74, 6) is 1.51. The number of amides is 2. The van der Waals surface area contributed by atoms with Crippen LogP contribution in [-0.4, -0.2) is 23.3 Å². The number of rotatable bonds is 6. The number of allylic oxidation sites excluding steroid dienone is 1. The Labute approximate surface area is 210 Å². The molecular weight excluding hydrogens is 452 g/mol. The lowest BCUT2D eigenvalue weighted by Gasteiger charge is -2.35. The number of hydrogen-bond acceptors (Lipinski definition) is 5. The average Bonchev–Trinajstić information content (AvgIpc) is 3.38. The lowest BCUT2D eigenvalue weighted by molar-refractivity contribution is 0.244. The molecule has 0 radical (unpaired) electrons. The van der Waals surface area contributed by atoms with Gasteiger partial charge in [0.15, 0.2) is 0 Å². The molecule has 7 heteroatoms. The van der Waals surface area contributed by atoms with Crippen molar-refractivity contribution >= 4 is 17.3 Å². The van der Waals surface area contributed by atoms with Gasteiger partial charge in [0.2, 0.25) is 5.82 Å². The molecule has 1 aliphatic heterocycles. The number of aromatic nitrogens is 2. The number of hydrogen-bond donors (Lipinski definition) is 1. The highest BCUT2D eigenvalue weighted by molar-refractivity contribution is 6.01. The van der Waals surface area contributed by atoms with Crippen LogP contribution in [0.1, 0.15) is 42.5 Å². The molecule has 5 rings (SSSR count). The standard InChI is InChI=1S/C29H28N4O3/c1-5-20-12-14-21(15-13-20)26-25(19(3)33(29(34)30-26)23-10-6-8-18(2)16-23)28-31-27(32-36-28)22-9-7-11-24(17-22)35-4/h6-17,26H,5H2,1-4H3,(H,30,34). The summed E-state index contributed by atoms with van der Waals surface area (Å²) in [5, 5.41) is 7.42. The van der Waals surface area contributed by atoms with Crippen LogP contribution in [0.25, 0.3) is 17.0 Å². The smallest absolute Gasteiger partial charge is 0.326 e. The van der Waals surface area contributed by atoms with Crippen molar-refractivity contribution in [2.45, 2.75) is 33.2 Å². The highest BCUT2D eigenvalue weighted by atomic mass is 16.5. The van der Waals surface area contributed by atoms with Gasteiger partial charge in [-0.15, -0.1) is 0 Å². The summed E-state index contributed by atoms with van der Waals surface area (Å²) in [4.78, 5) is 19.8. The van der Waals surface area contributed by atoms with E-state index >= 15 is 0 Å². The predicted molar refractivity (Wildman–Crippen MR) is 140 cm³/mol. The predicted octanol–water partition coefficient (Wildman–Crippen LogP) is 6.32. The van der Waals surface area contributed by atoms with Gasteiger partial charge in [-0.1, -0.05) is 60.6 Å². The quantitative estimate of drug-likeness (QED) is 0.349. The van der Waals surface area contributed by atoms with Gasteiger partial charge < -0.3 is 14.6 Å². The van der Waals surface area contributed by atoms with Crippen LogP contribution in [0.2, 0.25) is 0 Å². The van der Waals surface area contributed by atoms with E-state index in [1.807, 2.05) is 74.5 Å². The van der Waals surface area contributed by atoms with E-state index in [1.165, 1.54) is 5.56 Å². The average molecular weight is 481 g/mol. The Balaban J connectivity index is 1.64. The van der Waals surface area contributed by atoms with Crippen molar-refractivity contribution in [2.24, 2.45) is 0 Å². The van der Waals surface area contributed by atoms with Crippen LogP contribution in [0.15, 0.2) is 83.0 Å². The van der Waals surface area contributed by atoms with E-state index in [9.17, 15) is 4.79 Å². The minimum atomic E-state index is -0.442. The number of anilines is 1. The van der Waals surface area contributed by atoms with Crippen LogP contribution in [0.3, 0.4) is 0 Å². The highest BCUT2D eigenvalue weighted by Crippen LogP contribution is 2.39. The molecule has 1 atom stereocenters. The molecule has 1 aromatic heterocycles. The van der Waals surface area contributed by atoms with Crippen molar-refractivity contribution in [3.8, 4) is 17.1 Å². The topological polar surface area (TPSA) is 80.5 Å². The third-order valence-electron chi connectivity index (χ3n) is 6.45. The summed E-state index contributed by atoms with van der Waals surface area (Å²) in [7, 11) is 1.62. The molecule has 0 bridgehead atoms. The fourth-order valence-corrected chi connectivity index (χ4v) is 4.51. The Kier molecular flexibility index (Phi) is 6.29. The van der Waals surface area contributed by atoms with Crippen LogP contribution >= 0.6 is 0 Å². The molecule has 0 fully saturated rings. The summed E-state index contributed by atoms with van der Waals surface area (Å²) in [5.41, 5.74) is 6.26. The number of nitrogens with zero attached hydrogens (tertiary/aromatic N) is 3. The van der Waals surface area contributed by atoms with Gasteiger partial charge in [-0.25, -0.2) is 4.79 Å². The van der Waals surface area contributed by atoms with Gasteiger partial charge in [0.25, 0.3) is 5.89 Å². The normalized spacial score (nSPS) is 15.7. The number of nitrogens with one attached hydrogen (secondary N) is 1. The summed E-state index contributed by atoms with van der Waals surface area (Å²) in [6.45, 7) is 6.03. The van der Waals surface area contributed by atoms with Crippen LogP contribution in [-0.2, 0) is 6.42 Å². The molecule has 2 heterocycles. The van der Waals surface area contributed by atoms with Crippen LogP contribution in [0.4, 0.5) is 10.5 Å². The number of urea groups is 1. The zero-order valence-electron chi connectivity index (χ0n) is 20.8. The van der Waals surface area contributed by atoms with Crippen molar-refractivity contribution in [3.05, 3.63) is 101 Å². The summed E-state index contributed by atoms with van der Waals surface area (Å²) in [6.07, 6.45) is 0.938. The Morgan fingerprint density at radius 1 is 1.03 bits per heavy atom. The lowest BCUT2D eigenvalue weighted by atomic mass is 9.93. The fourth-order valence-electron chi connectivity index (χ4n) is 4.51. The van der Waals surface area contributed by atoms with Crippen molar-refractivity contribution in [1.82, 2.24) is 15.5 Å². The molecule has 182 valence electrons. The number of ether oxygens (including phenoxy) is 1. The maximum atomic E-state index is 13.4. The first kappa shape index (κ1) is 23.4. The second-order valence-corrected chi connectivity index (χ2v) is 8.81. The van der Waals surface area contributed by atoms with Gasteiger partial charge in [-0.3, -0.25) is 4.90 Å². The number of methoxy groups -OCH3 is 1. The highest BCUT2D eigenvalue weighted by Gasteiger charge is 2.36. The second-order valence-electron chi connectivity index (χ2n) is 8.81. The Morgan fingerprint density at radius 3 is 2.53 bits per heavy atom. The third kappa shape index (κ3) is 4.35. The van der Waals surface area contributed by atoms with E-state index in [2.05, 4.69) is 29.5 Å². The molecule has 0 aliphatic carbocycles. The van der Waals surface area contributed by atoms with Crippen LogP contribution < -0.4 is 15.0 Å². The zero-order valence-corrected chi connectivity index (χ0v) is 20.8. The Hall–Kier alpha value is -4.39. The number of benzene rings is 3. The Bertz CT molecular complexity index is 1440. The number of carbonyl (C=O) groups is 1. The van der Waals surface area contributed by atoms with Gasteiger partial charge in [0.05, 0.1) is 24.4 Å². The molecule has 0 saturated carbocycles. The molecule has 3 aromatic carbocycles. The van der Waals surface area contributed by atoms with E-state index < -0.39 is 6.04 Å². The van der Waals surface area contributed by atoms with Gasteiger partial charge in [-0.05, 0) is 61.2 Å². The SMILES string of the molecule is CCc1ccc(C2NC(=O)N(c3cccc(C)c3)C(C)=C2c2nc(-c3cccc(OC)c3)no2)cc1. The van der Waals surface area contributed by atoms with E-state index in [0.29, 0.717) is 17.5 Å². The summed E-state index contributed by atoms with van der Waals surface area (Å²) < 4.78 is 11.1. The van der Waals surface area contributed by atoms with Gasteiger partial charge >= 0.3 is 6.03 Å². The van der Waals surface area contributed by atoms with E-state index in [4.69, 9.17) is 14.2 Å². The molecule has 0 saturated heterocycles. The maximum absolute atomic E-state index is 13.4. The minimum absolute atomic E-state index is 0.209. The minimum Gasteiger partial charge on any atom is -0.497 e. The molecule has 4 aromatic rings. The van der Waals surface area contributed by atoms with Gasteiger partial charge in [0.1, 0.15) is 5.75 Å². The molecular formula is C29H28N4O3. The first-order valence-corrected chi connectivity index (χ1v) is 11.9. The second kappa shape index (κ2) is 9.70. The fraction of sp³-hybridized carbons (Fsp3) is 0.207. The number of carbonyl (C=O) groups excluding carboxylic acids is 1. The molecule has 7 nitrogen and oxygen atoms in total. The summed E-state index contributed by atoms with van der Waals surface area (Å²) >= 11 is 0. The first-order valence-electron chi connectivity index (χ1n) is 11.9. The molecule has 1 aliphatic rings. The molecule has 36 heavy (non-hydrogen) atoms. The van der Waals surface area contributed by atoms with Crippen molar-refractivity contribution in [2.75, 3.05) is 12.0 Å². The summed E-state index contributed by atoms with van der Waals surface area (Å²) in [6, 6.07) is 22.9. The molecule has 0 spiro atoms. The first-order chi connectivity index (χ1) is 17.5. The molecule has 2 amide bonds. The number of aryl methyl sites for hydroxylation is 2. The van der Waals surface area contributed by atoms with Crippen LogP contribution in [0.5, 0.6) is 5.75 Å². The van der Waals surface area contributed by atoms with Gasteiger partial charge in [0, 0.05) is 11.3 Å². The lowest BCUT2D eigenvalue weighted by Crippen LogP contribution is -2.46. The van der Waals surface area contributed by atoms with E-state index in [-0.39, 0.29) is 6.03 Å².